The van der Waals surface area contributed by atoms with Crippen molar-refractivity contribution in [3.8, 4) is 17.2 Å². The average Bonchev–Trinajstić information content (AvgIpc) is 3.21. The molecule has 3 unspecified atom stereocenters. The first-order chi connectivity index (χ1) is 15.2. The molecule has 2 aliphatic rings. The molecule has 32 heavy (non-hydrogen) atoms. The molecule has 0 spiro atoms. The van der Waals surface area contributed by atoms with Gasteiger partial charge in [0.15, 0.2) is 28.6 Å². The average molecular weight is 452 g/mol. The second-order valence-corrected chi connectivity index (χ2v) is 7.63. The van der Waals surface area contributed by atoms with E-state index in [4.69, 9.17) is 14.2 Å². The third-order valence-electron chi connectivity index (χ3n) is 5.90. The number of fused-ring (bicyclic) bond motifs is 2. The van der Waals surface area contributed by atoms with Gasteiger partial charge in [-0.15, -0.1) is 0 Å². The topological polar surface area (TPSA) is 174 Å². The quantitative estimate of drug-likeness (QED) is 0.280. The fraction of sp³-hybridized carbons (Fsp3) is 0.368. The molecule has 0 bridgehead atoms. The largest absolute Gasteiger partial charge is 0.595 e. The summed E-state index contributed by atoms with van der Waals surface area (Å²) >= 11 is 0. The Balaban J connectivity index is 1.87. The minimum atomic E-state index is -1.41. The van der Waals surface area contributed by atoms with Gasteiger partial charge in [-0.1, -0.05) is 0 Å². The molecule has 0 saturated carbocycles. The molecule has 0 fully saturated rings. The van der Waals surface area contributed by atoms with Gasteiger partial charge in [-0.3, -0.25) is 4.90 Å². The Morgan fingerprint density at radius 3 is 2.28 bits per heavy atom. The second kappa shape index (κ2) is 8.76. The lowest BCUT2D eigenvalue weighted by molar-refractivity contribution is -1.00. The second-order valence-electron chi connectivity index (χ2n) is 7.63. The molecule has 0 radical (unpaired) electrons. The van der Waals surface area contributed by atoms with Crippen LogP contribution in [0.4, 0.5) is 17.1 Å². The van der Waals surface area contributed by atoms with E-state index in [1.165, 1.54) is 7.11 Å². The highest BCUT2D eigenvalue weighted by atomic mass is 16.8. The number of nitrogens with one attached hydrogen (secondary N) is 3. The normalized spacial score (nSPS) is 20.6. The van der Waals surface area contributed by atoms with E-state index < -0.39 is 27.4 Å². The van der Waals surface area contributed by atoms with E-state index in [9.17, 15) is 31.2 Å². The van der Waals surface area contributed by atoms with Crippen molar-refractivity contribution in [2.45, 2.75) is 18.9 Å². The first kappa shape index (κ1) is 22.6. The summed E-state index contributed by atoms with van der Waals surface area (Å²) < 4.78 is 16.7. The van der Waals surface area contributed by atoms with Crippen LogP contribution in [0.3, 0.4) is 0 Å². The lowest BCUT2D eigenvalue weighted by Crippen LogP contribution is -3.03. The summed E-state index contributed by atoms with van der Waals surface area (Å²) in [6, 6.07) is 3.42. The number of nitrogens with zero attached hydrogens (tertiary/aromatic N) is 1. The summed E-state index contributed by atoms with van der Waals surface area (Å²) in [5, 5.41) is 59.9. The zero-order valence-electron chi connectivity index (χ0n) is 17.4. The summed E-state index contributed by atoms with van der Waals surface area (Å²) in [7, 11) is 3.35. The van der Waals surface area contributed by atoms with Crippen LogP contribution in [0.1, 0.15) is 22.7 Å². The molecule has 0 aliphatic carbocycles. The smallest absolute Gasteiger partial charge is 0.231 e. The molecule has 6 N–H and O–H groups in total. The number of likely N-dealkylation sites (N-methyl/N-ethyl adjacent to an activating group) is 1. The molecule has 2 aromatic rings. The Bertz CT molecular complexity index is 986. The molecular weight excluding hydrogens is 428 g/mol. The fourth-order valence-electron chi connectivity index (χ4n) is 4.37. The first-order valence-electron chi connectivity index (χ1n) is 9.79. The first-order valence-corrected chi connectivity index (χ1v) is 9.79. The number of methoxy groups -OCH3 is 1. The maximum Gasteiger partial charge on any atom is 0.231 e. The van der Waals surface area contributed by atoms with Crippen molar-refractivity contribution in [3.63, 3.8) is 0 Å². The fourth-order valence-corrected chi connectivity index (χ4v) is 4.37. The van der Waals surface area contributed by atoms with Crippen molar-refractivity contribution < 1.29 is 45.5 Å². The van der Waals surface area contributed by atoms with Gasteiger partial charge in [-0.05, 0) is 25.1 Å². The highest BCUT2D eigenvalue weighted by molar-refractivity contribution is 5.64. The summed E-state index contributed by atoms with van der Waals surface area (Å²) in [5.74, 6) is 1.47. The monoisotopic (exact) mass is 452 g/mol. The van der Waals surface area contributed by atoms with E-state index in [0.29, 0.717) is 30.2 Å². The third-order valence-corrected chi connectivity index (χ3v) is 5.90. The van der Waals surface area contributed by atoms with Crippen molar-refractivity contribution >= 4 is 17.1 Å². The van der Waals surface area contributed by atoms with Gasteiger partial charge >= 0.3 is 0 Å². The van der Waals surface area contributed by atoms with E-state index in [0.717, 1.165) is 23.3 Å². The molecule has 4 rings (SSSR count). The molecule has 4 atom stereocenters. The predicted molar refractivity (Wildman–Crippen MR) is 106 cm³/mol. The minimum Gasteiger partial charge on any atom is -0.595 e. The lowest BCUT2D eigenvalue weighted by Gasteiger charge is -2.36. The highest BCUT2D eigenvalue weighted by Crippen LogP contribution is 2.50. The number of quaternary nitrogens is 3. The molecule has 2 aromatic carbocycles. The van der Waals surface area contributed by atoms with Crippen LogP contribution in [-0.2, 0) is 12.8 Å². The Labute approximate surface area is 182 Å². The van der Waals surface area contributed by atoms with Crippen LogP contribution in [0.2, 0.25) is 0 Å². The van der Waals surface area contributed by atoms with Crippen LogP contribution >= 0.6 is 0 Å². The van der Waals surface area contributed by atoms with E-state index in [2.05, 4.69) is 0 Å². The van der Waals surface area contributed by atoms with Crippen molar-refractivity contribution in [1.82, 2.24) is 4.90 Å². The van der Waals surface area contributed by atoms with Gasteiger partial charge in [0.1, 0.15) is 0 Å². The van der Waals surface area contributed by atoms with E-state index in [-0.39, 0.29) is 30.2 Å². The van der Waals surface area contributed by atoms with Crippen LogP contribution in [-0.4, -0.2) is 48.0 Å². The Hall–Kier alpha value is -2.56. The summed E-state index contributed by atoms with van der Waals surface area (Å²) in [4.78, 5) is 1.98. The number of rotatable bonds is 6. The van der Waals surface area contributed by atoms with Gasteiger partial charge in [0.2, 0.25) is 12.5 Å². The Morgan fingerprint density at radius 2 is 1.72 bits per heavy atom. The van der Waals surface area contributed by atoms with Crippen molar-refractivity contribution in [2.24, 2.45) is 0 Å². The van der Waals surface area contributed by atoms with E-state index in [1.54, 1.807) is 0 Å². The summed E-state index contributed by atoms with van der Waals surface area (Å²) in [6.45, 7) is 0.691. The van der Waals surface area contributed by atoms with Crippen LogP contribution in [0.25, 0.3) is 0 Å². The molecule has 174 valence electrons. The Kier molecular flexibility index (Phi) is 6.19. The maximum atomic E-state index is 12.0. The van der Waals surface area contributed by atoms with E-state index >= 15 is 0 Å². The highest BCUT2D eigenvalue weighted by Gasteiger charge is 2.36. The van der Waals surface area contributed by atoms with Gasteiger partial charge in [0, 0.05) is 24.6 Å². The lowest BCUT2D eigenvalue weighted by atomic mass is 9.86. The van der Waals surface area contributed by atoms with Crippen LogP contribution < -0.4 is 29.9 Å². The van der Waals surface area contributed by atoms with Crippen LogP contribution in [0, 0.1) is 15.6 Å². The molecule has 2 heterocycles. The summed E-state index contributed by atoms with van der Waals surface area (Å²) in [6.07, 6.45) is 0.702. The van der Waals surface area contributed by atoms with Gasteiger partial charge in [-0.25, -0.2) is 15.6 Å². The van der Waals surface area contributed by atoms with Gasteiger partial charge < -0.3 is 29.8 Å². The Morgan fingerprint density at radius 1 is 1.06 bits per heavy atom. The van der Waals surface area contributed by atoms with Gasteiger partial charge in [0.05, 0.1) is 24.8 Å². The zero-order chi connectivity index (χ0) is 23.2. The van der Waals surface area contributed by atoms with Gasteiger partial charge in [0.25, 0.3) is 0 Å². The van der Waals surface area contributed by atoms with E-state index in [1.807, 2.05) is 18.0 Å². The summed E-state index contributed by atoms with van der Waals surface area (Å²) in [5.41, 5.74) is 0.622. The molecule has 0 aromatic heterocycles. The van der Waals surface area contributed by atoms with Crippen LogP contribution in [0.5, 0.6) is 17.2 Å². The minimum absolute atomic E-state index is 0.0165. The molecule has 2 aliphatic heterocycles. The number of hydrogen-bond donors (Lipinski definition) is 6. The molecule has 13 heteroatoms. The number of hydrogen-bond acceptors (Lipinski definition) is 10. The molecule has 13 nitrogen and oxygen atoms in total. The third kappa shape index (κ3) is 3.87. The zero-order valence-corrected chi connectivity index (χ0v) is 17.4. The van der Waals surface area contributed by atoms with Crippen molar-refractivity contribution in [1.29, 1.82) is 0 Å². The maximum absolute atomic E-state index is 12.0. The van der Waals surface area contributed by atoms with Crippen molar-refractivity contribution in [3.05, 3.63) is 50.5 Å². The van der Waals surface area contributed by atoms with Crippen LogP contribution in [0.15, 0.2) is 18.2 Å². The molecule has 0 amide bonds. The molecular formula is C19H24N4O9. The number of benzene rings is 2. The van der Waals surface area contributed by atoms with Gasteiger partial charge in [-0.2, -0.15) is 15.7 Å². The van der Waals surface area contributed by atoms with Crippen molar-refractivity contribution in [2.75, 3.05) is 27.5 Å². The molecule has 0 saturated heterocycles. The predicted octanol–water partition coefficient (Wildman–Crippen LogP) is -1.59. The standard InChI is InChI=1S/C19H24N4O9/c1-20-4-3-10-5-16-18(32-9-31-16)19(30-2)17(10)15(20)8-12-13(22(26)27)6-11(21(24)25)7-14(12)23(28)29/h5-7,15,21-24,26,28H,3-4,8-9H2,1-2H3/t15-/m1/s1. The number of ether oxygens (including phenoxy) is 3. The SMILES string of the molecule is COc1c2c(cc3c1[C@@H](Cc1c([NH+]([O-])O)cc([NH+]([O-])O)cc1[NH+]([O-])O)N(C)CC3)OCO2.